The SMILES string of the molecule is CC(C)(C)c1ccc(Oc2ccc(C(=O)c3ccc(Sc4ccc(C(C)(C)C)cc4)cc3)cc2)cc1. The minimum Gasteiger partial charge on any atom is -0.457 e. The van der Waals surface area contributed by atoms with Gasteiger partial charge in [-0.1, -0.05) is 77.6 Å². The summed E-state index contributed by atoms with van der Waals surface area (Å²) in [6, 6.07) is 32.0. The minimum atomic E-state index is 0.00200. The van der Waals surface area contributed by atoms with Crippen molar-refractivity contribution >= 4 is 17.5 Å². The molecule has 184 valence electrons. The van der Waals surface area contributed by atoms with E-state index in [2.05, 4.69) is 77.9 Å². The van der Waals surface area contributed by atoms with Gasteiger partial charge in [0, 0.05) is 20.9 Å². The molecule has 0 saturated heterocycles. The van der Waals surface area contributed by atoms with Crippen molar-refractivity contribution in [2.45, 2.75) is 62.2 Å². The van der Waals surface area contributed by atoms with E-state index in [9.17, 15) is 4.79 Å². The average molecular weight is 495 g/mol. The maximum Gasteiger partial charge on any atom is 0.193 e. The smallest absolute Gasteiger partial charge is 0.193 e. The number of rotatable bonds is 6. The number of carbonyl (C=O) groups excluding carboxylic acids is 1. The number of benzene rings is 4. The molecule has 0 aliphatic rings. The monoisotopic (exact) mass is 494 g/mol. The first-order chi connectivity index (χ1) is 17.0. The molecule has 0 aliphatic heterocycles. The van der Waals surface area contributed by atoms with Crippen LogP contribution in [0.3, 0.4) is 0 Å². The molecule has 0 spiro atoms. The second kappa shape index (κ2) is 10.4. The van der Waals surface area contributed by atoms with Gasteiger partial charge in [0.15, 0.2) is 5.78 Å². The molecule has 0 atom stereocenters. The predicted molar refractivity (Wildman–Crippen MR) is 151 cm³/mol. The molecule has 0 aromatic heterocycles. The minimum absolute atomic E-state index is 0.00200. The van der Waals surface area contributed by atoms with Gasteiger partial charge in [-0.05, 0) is 94.8 Å². The zero-order chi connectivity index (χ0) is 25.9. The van der Waals surface area contributed by atoms with Crippen LogP contribution in [0.15, 0.2) is 107 Å². The molecular formula is C33H34O2S. The number of hydrogen-bond acceptors (Lipinski definition) is 3. The van der Waals surface area contributed by atoms with Crippen LogP contribution in [0.1, 0.15) is 68.6 Å². The summed E-state index contributed by atoms with van der Waals surface area (Å²) in [4.78, 5) is 15.3. The second-order valence-electron chi connectivity index (χ2n) is 11.1. The Morgan fingerprint density at radius 1 is 0.528 bits per heavy atom. The lowest BCUT2D eigenvalue weighted by Gasteiger charge is -2.19. The lowest BCUT2D eigenvalue weighted by molar-refractivity contribution is 0.103. The summed E-state index contributed by atoms with van der Waals surface area (Å²) in [7, 11) is 0. The molecule has 36 heavy (non-hydrogen) atoms. The molecule has 0 N–H and O–H groups in total. The van der Waals surface area contributed by atoms with Gasteiger partial charge in [0.2, 0.25) is 0 Å². The molecular weight excluding hydrogens is 460 g/mol. The Bertz CT molecular complexity index is 1200. The maximum atomic E-state index is 13.0. The first-order valence-electron chi connectivity index (χ1n) is 12.3. The summed E-state index contributed by atoms with van der Waals surface area (Å²) in [6.45, 7) is 13.2. The maximum absolute atomic E-state index is 13.0. The lowest BCUT2D eigenvalue weighted by Crippen LogP contribution is -2.10. The molecule has 3 heteroatoms. The van der Waals surface area contributed by atoms with Crippen LogP contribution in [0.4, 0.5) is 0 Å². The Balaban J connectivity index is 1.38. The van der Waals surface area contributed by atoms with Crippen LogP contribution in [-0.4, -0.2) is 5.78 Å². The van der Waals surface area contributed by atoms with E-state index in [4.69, 9.17) is 4.74 Å². The van der Waals surface area contributed by atoms with Gasteiger partial charge in [-0.2, -0.15) is 0 Å². The first-order valence-corrected chi connectivity index (χ1v) is 13.1. The summed E-state index contributed by atoms with van der Waals surface area (Å²) in [5, 5.41) is 0. The van der Waals surface area contributed by atoms with E-state index in [1.165, 1.54) is 16.0 Å². The van der Waals surface area contributed by atoms with Crippen molar-refractivity contribution in [1.29, 1.82) is 0 Å². The molecule has 4 aromatic rings. The van der Waals surface area contributed by atoms with Gasteiger partial charge < -0.3 is 4.74 Å². The van der Waals surface area contributed by atoms with Crippen molar-refractivity contribution < 1.29 is 9.53 Å². The fraction of sp³-hybridized carbons (Fsp3) is 0.242. The molecule has 0 radical (unpaired) electrons. The van der Waals surface area contributed by atoms with Crippen LogP contribution in [0.5, 0.6) is 11.5 Å². The standard InChI is InChI=1S/C33H34O2S/c1-32(2,3)25-11-17-28(18-12-25)35-27-15-7-23(8-16-27)31(34)24-9-19-29(20-10-24)36-30-21-13-26(14-22-30)33(4,5)6/h7-22H,1-6H3. The zero-order valence-electron chi connectivity index (χ0n) is 22.0. The van der Waals surface area contributed by atoms with E-state index in [0.29, 0.717) is 16.9 Å². The molecule has 0 saturated carbocycles. The van der Waals surface area contributed by atoms with Crippen molar-refractivity contribution in [3.05, 3.63) is 119 Å². The Labute approximate surface area is 219 Å². The van der Waals surface area contributed by atoms with Crippen molar-refractivity contribution in [3.63, 3.8) is 0 Å². The molecule has 0 aliphatic carbocycles. The van der Waals surface area contributed by atoms with Crippen LogP contribution < -0.4 is 4.74 Å². The predicted octanol–water partition coefficient (Wildman–Crippen LogP) is 9.46. The van der Waals surface area contributed by atoms with Gasteiger partial charge in [-0.25, -0.2) is 0 Å². The molecule has 0 fully saturated rings. The lowest BCUT2D eigenvalue weighted by atomic mass is 9.87. The van der Waals surface area contributed by atoms with E-state index in [0.717, 1.165) is 10.6 Å². The number of ether oxygens (including phenoxy) is 1. The summed E-state index contributed by atoms with van der Waals surface area (Å²) >= 11 is 1.70. The number of hydrogen-bond donors (Lipinski definition) is 0. The van der Waals surface area contributed by atoms with Gasteiger partial charge in [0.1, 0.15) is 11.5 Å². The van der Waals surface area contributed by atoms with Gasteiger partial charge in [-0.15, -0.1) is 0 Å². The van der Waals surface area contributed by atoms with Gasteiger partial charge in [-0.3, -0.25) is 4.79 Å². The largest absolute Gasteiger partial charge is 0.457 e. The third kappa shape index (κ3) is 6.47. The third-order valence-electron chi connectivity index (χ3n) is 6.15. The average Bonchev–Trinajstić information content (AvgIpc) is 2.84. The van der Waals surface area contributed by atoms with Gasteiger partial charge in [0.25, 0.3) is 0 Å². The highest BCUT2D eigenvalue weighted by molar-refractivity contribution is 7.99. The Kier molecular flexibility index (Phi) is 7.42. The molecule has 0 heterocycles. The van der Waals surface area contributed by atoms with Crippen molar-refractivity contribution in [2.24, 2.45) is 0 Å². The topological polar surface area (TPSA) is 26.3 Å². The first kappa shape index (κ1) is 25.8. The summed E-state index contributed by atoms with van der Waals surface area (Å²) in [6.07, 6.45) is 0. The van der Waals surface area contributed by atoms with E-state index >= 15 is 0 Å². The van der Waals surface area contributed by atoms with Crippen LogP contribution in [-0.2, 0) is 10.8 Å². The summed E-state index contributed by atoms with van der Waals surface area (Å²) in [5.74, 6) is 1.49. The highest BCUT2D eigenvalue weighted by Crippen LogP contribution is 2.31. The fourth-order valence-electron chi connectivity index (χ4n) is 3.83. The summed E-state index contributed by atoms with van der Waals surface area (Å²) < 4.78 is 5.97. The summed E-state index contributed by atoms with van der Waals surface area (Å²) in [5.41, 5.74) is 4.15. The highest BCUT2D eigenvalue weighted by atomic mass is 32.2. The van der Waals surface area contributed by atoms with E-state index in [1.54, 1.807) is 11.8 Å². The molecule has 0 unspecified atom stereocenters. The van der Waals surface area contributed by atoms with Gasteiger partial charge >= 0.3 is 0 Å². The highest BCUT2D eigenvalue weighted by Gasteiger charge is 2.15. The van der Waals surface area contributed by atoms with Crippen LogP contribution in [0.25, 0.3) is 0 Å². The van der Waals surface area contributed by atoms with Crippen LogP contribution in [0, 0.1) is 0 Å². The van der Waals surface area contributed by atoms with Crippen LogP contribution >= 0.6 is 11.8 Å². The van der Waals surface area contributed by atoms with Gasteiger partial charge in [0.05, 0.1) is 0 Å². The Morgan fingerprint density at radius 3 is 1.28 bits per heavy atom. The molecule has 4 aromatic carbocycles. The fourth-order valence-corrected chi connectivity index (χ4v) is 4.65. The van der Waals surface area contributed by atoms with E-state index in [-0.39, 0.29) is 16.6 Å². The number of carbonyl (C=O) groups is 1. The Hall–Kier alpha value is -3.30. The van der Waals surface area contributed by atoms with E-state index in [1.807, 2.05) is 60.7 Å². The zero-order valence-corrected chi connectivity index (χ0v) is 22.8. The van der Waals surface area contributed by atoms with Crippen molar-refractivity contribution in [2.75, 3.05) is 0 Å². The molecule has 0 amide bonds. The molecule has 2 nitrogen and oxygen atoms in total. The van der Waals surface area contributed by atoms with Crippen LogP contribution in [0.2, 0.25) is 0 Å². The third-order valence-corrected chi connectivity index (χ3v) is 7.16. The number of ketones is 1. The van der Waals surface area contributed by atoms with Crippen molar-refractivity contribution in [1.82, 2.24) is 0 Å². The van der Waals surface area contributed by atoms with E-state index < -0.39 is 0 Å². The second-order valence-corrected chi connectivity index (χ2v) is 12.3. The normalized spacial score (nSPS) is 11.8. The molecule has 0 bridgehead atoms. The van der Waals surface area contributed by atoms with Crippen molar-refractivity contribution in [3.8, 4) is 11.5 Å². The quantitative estimate of drug-likeness (QED) is 0.250. The Morgan fingerprint density at radius 2 is 0.861 bits per heavy atom. The molecule has 4 rings (SSSR count).